The third kappa shape index (κ3) is 3.10. The number of benzene rings is 1. The molecule has 0 bridgehead atoms. The van der Waals surface area contributed by atoms with Gasteiger partial charge in [0.25, 0.3) is 5.91 Å². The molecule has 4 nitrogen and oxygen atoms in total. The molecule has 1 aromatic carbocycles. The number of aliphatic carboxylic acids is 1. The lowest BCUT2D eigenvalue weighted by Gasteiger charge is -2.05. The molecule has 0 radical (unpaired) electrons. The Morgan fingerprint density at radius 3 is 2.62 bits per heavy atom. The normalized spacial score (nSPS) is 11.0. The van der Waals surface area contributed by atoms with E-state index in [0.717, 1.165) is 0 Å². The summed E-state index contributed by atoms with van der Waals surface area (Å²) in [5.41, 5.74) is 0.151. The maximum Gasteiger partial charge on any atom is 0.352 e. The number of hydrogen-bond acceptors (Lipinski definition) is 2. The van der Waals surface area contributed by atoms with Crippen LogP contribution in [0.3, 0.4) is 0 Å². The quantitative estimate of drug-likeness (QED) is 0.794. The van der Waals surface area contributed by atoms with E-state index >= 15 is 0 Å². The Hall–Kier alpha value is -1.81. The van der Waals surface area contributed by atoms with Crippen molar-refractivity contribution in [2.75, 3.05) is 0 Å². The first-order valence-corrected chi connectivity index (χ1v) is 4.89. The van der Waals surface area contributed by atoms with Gasteiger partial charge in [-0.2, -0.15) is 0 Å². The molecule has 1 amide bonds. The largest absolute Gasteiger partial charge is 0.477 e. The third-order valence-electron chi connectivity index (χ3n) is 1.85. The van der Waals surface area contributed by atoms with Gasteiger partial charge in [0.1, 0.15) is 5.70 Å². The molecular formula is C11H10ClNO3. The van der Waals surface area contributed by atoms with Gasteiger partial charge in [0.15, 0.2) is 0 Å². The SMILES string of the molecule is C/C=C(/NC(=O)c1cccc(Cl)c1)C(=O)O. The van der Waals surface area contributed by atoms with E-state index in [1.807, 2.05) is 0 Å². The predicted octanol–water partition coefficient (Wildman–Crippen LogP) is 2.06. The number of carbonyl (C=O) groups is 2. The molecule has 1 aromatic rings. The molecule has 0 unspecified atom stereocenters. The Morgan fingerprint density at radius 2 is 2.12 bits per heavy atom. The molecule has 0 aliphatic heterocycles. The van der Waals surface area contributed by atoms with Crippen molar-refractivity contribution in [2.24, 2.45) is 0 Å². The van der Waals surface area contributed by atoms with Crippen LogP contribution < -0.4 is 5.32 Å². The summed E-state index contributed by atoms with van der Waals surface area (Å²) in [6, 6.07) is 6.27. The van der Waals surface area contributed by atoms with Crippen LogP contribution >= 0.6 is 11.6 Å². The van der Waals surface area contributed by atoms with Crippen molar-refractivity contribution in [2.45, 2.75) is 6.92 Å². The first kappa shape index (κ1) is 12.3. The summed E-state index contributed by atoms with van der Waals surface area (Å²) < 4.78 is 0. The van der Waals surface area contributed by atoms with Crippen LogP contribution in [0.5, 0.6) is 0 Å². The summed E-state index contributed by atoms with van der Waals surface area (Å²) in [5.74, 6) is -1.68. The number of allylic oxidation sites excluding steroid dienone is 1. The van der Waals surface area contributed by atoms with Crippen LogP contribution in [-0.4, -0.2) is 17.0 Å². The lowest BCUT2D eigenvalue weighted by molar-refractivity contribution is -0.133. The van der Waals surface area contributed by atoms with Crippen LogP contribution in [0.15, 0.2) is 36.0 Å². The molecule has 0 aromatic heterocycles. The van der Waals surface area contributed by atoms with Crippen molar-refractivity contribution in [1.29, 1.82) is 0 Å². The Morgan fingerprint density at radius 1 is 1.44 bits per heavy atom. The lowest BCUT2D eigenvalue weighted by Crippen LogP contribution is -2.27. The Labute approximate surface area is 97.5 Å². The monoisotopic (exact) mass is 239 g/mol. The van der Waals surface area contributed by atoms with Gasteiger partial charge in [-0.05, 0) is 25.1 Å². The highest BCUT2D eigenvalue weighted by Gasteiger charge is 2.11. The molecule has 5 heteroatoms. The van der Waals surface area contributed by atoms with Crippen molar-refractivity contribution in [3.63, 3.8) is 0 Å². The molecule has 16 heavy (non-hydrogen) atoms. The van der Waals surface area contributed by atoms with Crippen LogP contribution in [-0.2, 0) is 4.79 Å². The fraction of sp³-hybridized carbons (Fsp3) is 0.0909. The number of rotatable bonds is 3. The van der Waals surface area contributed by atoms with Crippen LogP contribution in [0.2, 0.25) is 5.02 Å². The molecule has 0 aliphatic rings. The zero-order chi connectivity index (χ0) is 12.1. The minimum Gasteiger partial charge on any atom is -0.477 e. The summed E-state index contributed by atoms with van der Waals surface area (Å²) in [4.78, 5) is 22.3. The first-order chi connectivity index (χ1) is 7.54. The molecule has 0 fully saturated rings. The fourth-order valence-corrected chi connectivity index (χ4v) is 1.26. The second kappa shape index (κ2) is 5.32. The molecule has 0 heterocycles. The lowest BCUT2D eigenvalue weighted by atomic mass is 10.2. The molecular weight excluding hydrogens is 230 g/mol. The van der Waals surface area contributed by atoms with E-state index in [2.05, 4.69) is 5.32 Å². The number of amides is 1. The number of hydrogen-bond donors (Lipinski definition) is 2. The number of carboxylic acid groups (broad SMARTS) is 1. The van der Waals surface area contributed by atoms with Gasteiger partial charge < -0.3 is 10.4 Å². The number of carboxylic acids is 1. The molecule has 0 spiro atoms. The Balaban J connectivity index is 2.84. The average Bonchev–Trinajstić information content (AvgIpc) is 2.25. The second-order valence-corrected chi connectivity index (χ2v) is 3.41. The maximum atomic E-state index is 11.6. The molecule has 0 atom stereocenters. The van der Waals surface area contributed by atoms with E-state index in [1.54, 1.807) is 18.2 Å². The van der Waals surface area contributed by atoms with E-state index in [9.17, 15) is 9.59 Å². The van der Waals surface area contributed by atoms with Gasteiger partial charge >= 0.3 is 5.97 Å². The Kier molecular flexibility index (Phi) is 4.08. The smallest absolute Gasteiger partial charge is 0.352 e. The zero-order valence-electron chi connectivity index (χ0n) is 8.53. The van der Waals surface area contributed by atoms with E-state index in [4.69, 9.17) is 16.7 Å². The molecule has 2 N–H and O–H groups in total. The first-order valence-electron chi connectivity index (χ1n) is 4.51. The highest BCUT2D eigenvalue weighted by molar-refractivity contribution is 6.31. The summed E-state index contributed by atoms with van der Waals surface area (Å²) >= 11 is 5.71. The second-order valence-electron chi connectivity index (χ2n) is 2.97. The Bertz CT molecular complexity index is 454. The maximum absolute atomic E-state index is 11.6. The summed E-state index contributed by atoms with van der Waals surface area (Å²) in [7, 11) is 0. The minimum atomic E-state index is -1.18. The number of halogens is 1. The zero-order valence-corrected chi connectivity index (χ0v) is 9.28. The van der Waals surface area contributed by atoms with Gasteiger partial charge in [-0.25, -0.2) is 4.79 Å². The van der Waals surface area contributed by atoms with Crippen LogP contribution in [0.25, 0.3) is 0 Å². The van der Waals surface area contributed by atoms with E-state index in [-0.39, 0.29) is 5.70 Å². The summed E-state index contributed by atoms with van der Waals surface area (Å²) in [6.07, 6.45) is 1.31. The average molecular weight is 240 g/mol. The third-order valence-corrected chi connectivity index (χ3v) is 2.09. The van der Waals surface area contributed by atoms with Crippen molar-refractivity contribution >= 4 is 23.5 Å². The van der Waals surface area contributed by atoms with Crippen molar-refractivity contribution in [1.82, 2.24) is 5.32 Å². The van der Waals surface area contributed by atoms with Gasteiger partial charge in [-0.15, -0.1) is 0 Å². The highest BCUT2D eigenvalue weighted by atomic mass is 35.5. The van der Waals surface area contributed by atoms with Crippen molar-refractivity contribution in [3.05, 3.63) is 46.6 Å². The molecule has 84 valence electrons. The van der Waals surface area contributed by atoms with E-state index in [1.165, 1.54) is 19.1 Å². The standard InChI is InChI=1S/C11H10ClNO3/c1-2-9(11(15)16)13-10(14)7-4-3-5-8(12)6-7/h2-6H,1H3,(H,13,14)(H,15,16)/b9-2+. The van der Waals surface area contributed by atoms with Gasteiger partial charge in [0.05, 0.1) is 0 Å². The van der Waals surface area contributed by atoms with E-state index < -0.39 is 11.9 Å². The highest BCUT2D eigenvalue weighted by Crippen LogP contribution is 2.10. The minimum absolute atomic E-state index is 0.162. The van der Waals surface area contributed by atoms with Crippen LogP contribution in [0.4, 0.5) is 0 Å². The molecule has 0 saturated heterocycles. The van der Waals surface area contributed by atoms with Crippen molar-refractivity contribution < 1.29 is 14.7 Å². The van der Waals surface area contributed by atoms with E-state index in [0.29, 0.717) is 10.6 Å². The number of carbonyl (C=O) groups excluding carboxylic acids is 1. The molecule has 0 aliphatic carbocycles. The molecule has 1 rings (SSSR count). The number of nitrogens with one attached hydrogen (secondary N) is 1. The fourth-order valence-electron chi connectivity index (χ4n) is 1.07. The topological polar surface area (TPSA) is 66.4 Å². The predicted molar refractivity (Wildman–Crippen MR) is 60.3 cm³/mol. The van der Waals surface area contributed by atoms with Gasteiger partial charge in [-0.3, -0.25) is 4.79 Å². The van der Waals surface area contributed by atoms with Crippen LogP contribution in [0, 0.1) is 0 Å². The van der Waals surface area contributed by atoms with Crippen LogP contribution in [0.1, 0.15) is 17.3 Å². The summed E-state index contributed by atoms with van der Waals surface area (Å²) in [5, 5.41) is 11.4. The van der Waals surface area contributed by atoms with Gasteiger partial charge in [-0.1, -0.05) is 23.7 Å². The summed E-state index contributed by atoms with van der Waals surface area (Å²) in [6.45, 7) is 1.53. The van der Waals surface area contributed by atoms with Crippen molar-refractivity contribution in [3.8, 4) is 0 Å². The van der Waals surface area contributed by atoms with Gasteiger partial charge in [0.2, 0.25) is 0 Å². The van der Waals surface area contributed by atoms with Gasteiger partial charge in [0, 0.05) is 10.6 Å². The molecule has 0 saturated carbocycles.